The van der Waals surface area contributed by atoms with Crippen LogP contribution in [0, 0.1) is 26.7 Å². The van der Waals surface area contributed by atoms with Crippen LogP contribution in [0.2, 0.25) is 0 Å². The quantitative estimate of drug-likeness (QED) is 0.430. The molecule has 0 saturated heterocycles. The molecule has 0 amide bonds. The van der Waals surface area contributed by atoms with E-state index in [1.165, 1.54) is 18.3 Å². The Morgan fingerprint density at radius 3 is 2.44 bits per heavy atom. The van der Waals surface area contributed by atoms with E-state index in [-0.39, 0.29) is 24.9 Å². The lowest BCUT2D eigenvalue weighted by molar-refractivity contribution is 0.0654. The first-order valence-corrected chi connectivity index (χ1v) is 9.86. The van der Waals surface area contributed by atoms with E-state index in [9.17, 15) is 22.4 Å². The summed E-state index contributed by atoms with van der Waals surface area (Å²) in [5, 5.41) is 3.53. The maximum absolute atomic E-state index is 13.6. The van der Waals surface area contributed by atoms with Gasteiger partial charge in [-0.3, -0.25) is 4.79 Å². The lowest BCUT2D eigenvalue weighted by Crippen LogP contribution is -2.35. The van der Waals surface area contributed by atoms with E-state index in [0.717, 1.165) is 4.57 Å². The van der Waals surface area contributed by atoms with E-state index in [2.05, 4.69) is 28.1 Å². The van der Waals surface area contributed by atoms with E-state index < -0.39 is 23.9 Å². The Kier molecular flexibility index (Phi) is 6.53. The summed E-state index contributed by atoms with van der Waals surface area (Å²) in [4.78, 5) is 21.0. The van der Waals surface area contributed by atoms with Crippen molar-refractivity contribution in [1.82, 2.24) is 14.5 Å². The summed E-state index contributed by atoms with van der Waals surface area (Å²) in [5.41, 5.74) is -0.577. The maximum atomic E-state index is 13.6. The van der Waals surface area contributed by atoms with Crippen LogP contribution in [-0.4, -0.2) is 21.0 Å². The van der Waals surface area contributed by atoms with Crippen LogP contribution in [0.1, 0.15) is 41.8 Å². The second-order valence-electron chi connectivity index (χ2n) is 7.59. The zero-order valence-electron chi connectivity index (χ0n) is 17.6. The van der Waals surface area contributed by atoms with Gasteiger partial charge in [-0.25, -0.2) is 27.5 Å². The number of halogens is 4. The maximum Gasteiger partial charge on any atom is 0.264 e. The topological polar surface area (TPSA) is 59.8 Å². The van der Waals surface area contributed by atoms with Gasteiger partial charge in [-0.05, 0) is 37.8 Å². The number of benzene rings is 1. The third kappa shape index (κ3) is 4.17. The first-order valence-electron chi connectivity index (χ1n) is 9.86. The van der Waals surface area contributed by atoms with E-state index >= 15 is 0 Å². The van der Waals surface area contributed by atoms with Gasteiger partial charge in [0.25, 0.3) is 18.4 Å². The van der Waals surface area contributed by atoms with Gasteiger partial charge in [0.15, 0.2) is 0 Å². The molecule has 1 saturated carbocycles. The molecular formula is C23H22F4N4O. The molecule has 0 atom stereocenters. The molecule has 0 aliphatic heterocycles. The number of alkyl halides is 4. The number of rotatable bonds is 6. The van der Waals surface area contributed by atoms with E-state index in [1.54, 1.807) is 26.0 Å². The second-order valence-corrected chi connectivity index (χ2v) is 7.59. The molecule has 2 aromatic heterocycles. The summed E-state index contributed by atoms with van der Waals surface area (Å²) < 4.78 is 54.5. The van der Waals surface area contributed by atoms with Crippen molar-refractivity contribution in [1.29, 1.82) is 0 Å². The molecule has 1 aromatic carbocycles. The number of nitrogens with one attached hydrogen (secondary N) is 1. The molecule has 0 unspecified atom stereocenters. The molecule has 5 nitrogen and oxygen atoms in total. The molecular weight excluding hydrogens is 424 g/mol. The Balaban J connectivity index is 0.00000141. The molecule has 0 radical (unpaired) electrons. The molecule has 168 valence electrons. The number of pyridine rings is 1. The third-order valence-corrected chi connectivity index (χ3v) is 5.66. The highest BCUT2D eigenvalue weighted by atomic mass is 19.3. The largest absolute Gasteiger partial charge is 0.365 e. The number of hydrogen-bond acceptors (Lipinski definition) is 4. The van der Waals surface area contributed by atoms with Crippen LogP contribution in [-0.2, 0) is 12.1 Å². The van der Waals surface area contributed by atoms with Crippen LogP contribution in [0.5, 0.6) is 0 Å². The molecule has 0 bridgehead atoms. The van der Waals surface area contributed by atoms with Crippen LogP contribution >= 0.6 is 0 Å². The summed E-state index contributed by atoms with van der Waals surface area (Å²) in [6.45, 7) is 3.48. The smallest absolute Gasteiger partial charge is 0.264 e. The number of nitrogens with zero attached hydrogens (tertiary/aromatic N) is 3. The normalized spacial score (nSPS) is 14.3. The van der Waals surface area contributed by atoms with Crippen molar-refractivity contribution in [3.8, 4) is 12.8 Å². The summed E-state index contributed by atoms with van der Waals surface area (Å²) in [7, 11) is 0. The van der Waals surface area contributed by atoms with Crippen LogP contribution in [0.15, 0.2) is 35.3 Å². The summed E-state index contributed by atoms with van der Waals surface area (Å²) in [6, 6.07) is 5.91. The van der Waals surface area contributed by atoms with Crippen molar-refractivity contribution in [3.05, 3.63) is 63.3 Å². The van der Waals surface area contributed by atoms with Crippen LogP contribution in [0.25, 0.3) is 10.9 Å². The fourth-order valence-electron chi connectivity index (χ4n) is 3.70. The number of anilines is 1. The molecule has 1 aliphatic carbocycles. The number of terminal acetylenes is 1. The molecule has 4 rings (SSSR count). The van der Waals surface area contributed by atoms with Crippen LogP contribution in [0.3, 0.4) is 0 Å². The number of fused-ring (bicyclic) bond motifs is 1. The first-order chi connectivity index (χ1) is 15.2. The van der Waals surface area contributed by atoms with Crippen LogP contribution < -0.4 is 10.9 Å². The Morgan fingerprint density at radius 1 is 1.16 bits per heavy atom. The monoisotopic (exact) mass is 446 g/mol. The van der Waals surface area contributed by atoms with Crippen LogP contribution in [0.4, 0.5) is 23.4 Å². The van der Waals surface area contributed by atoms with E-state index in [1.807, 2.05) is 0 Å². The van der Waals surface area contributed by atoms with E-state index in [4.69, 9.17) is 0 Å². The molecule has 32 heavy (non-hydrogen) atoms. The van der Waals surface area contributed by atoms with Gasteiger partial charge in [-0.1, -0.05) is 18.2 Å². The van der Waals surface area contributed by atoms with Crippen molar-refractivity contribution in [2.24, 2.45) is 0 Å². The molecule has 0 spiro atoms. The van der Waals surface area contributed by atoms with Gasteiger partial charge in [0, 0.05) is 24.4 Å². The highest BCUT2D eigenvalue weighted by Crippen LogP contribution is 2.48. The van der Waals surface area contributed by atoms with Gasteiger partial charge in [0.05, 0.1) is 10.9 Å². The number of hydrogen-bond donors (Lipinski definition) is 1. The van der Waals surface area contributed by atoms with Crippen molar-refractivity contribution in [3.63, 3.8) is 0 Å². The van der Waals surface area contributed by atoms with Crippen molar-refractivity contribution < 1.29 is 17.6 Å². The first kappa shape index (κ1) is 23.3. The number of aryl methyl sites for hydroxylation is 1. The van der Waals surface area contributed by atoms with Gasteiger partial charge in [-0.2, -0.15) is 0 Å². The fraction of sp³-hybridized carbons (Fsp3) is 0.348. The van der Waals surface area contributed by atoms with Crippen molar-refractivity contribution in [2.45, 2.75) is 51.6 Å². The van der Waals surface area contributed by atoms with Gasteiger partial charge in [0.2, 0.25) is 0 Å². The predicted octanol–water partition coefficient (Wildman–Crippen LogP) is 4.96. The molecule has 3 aromatic rings. The molecule has 1 aliphatic rings. The molecule has 2 heterocycles. The molecule has 1 N–H and O–H groups in total. The Labute approximate surface area is 182 Å². The summed E-state index contributed by atoms with van der Waals surface area (Å²) in [5.74, 6) is 0.758. The average Bonchev–Trinajstić information content (AvgIpc) is 3.55. The molecule has 9 heteroatoms. The van der Waals surface area contributed by atoms with Gasteiger partial charge in [-0.15, -0.1) is 12.8 Å². The fourth-order valence-corrected chi connectivity index (χ4v) is 3.70. The van der Waals surface area contributed by atoms with E-state index in [0.29, 0.717) is 33.7 Å². The zero-order chi connectivity index (χ0) is 23.6. The Hall–Kier alpha value is -3.41. The average molecular weight is 446 g/mol. The minimum atomic E-state index is -2.66. The zero-order valence-corrected chi connectivity index (χ0v) is 17.6. The standard InChI is InChI=1S/C21H20F4N4O.C2H2/c1-11-13(4-3-5-14(11)18(22)23)9-26-19-15-10-29(21(6-7-21)20(24)25)17(30)8-16(15)27-12(2)28-19;1-2/h3-5,8,10,18,20H,6-7,9H2,1-2H3,(H,26,27,28);1-2H. The highest BCUT2D eigenvalue weighted by molar-refractivity contribution is 5.88. The lowest BCUT2D eigenvalue weighted by Gasteiger charge is -2.19. The molecule has 1 fully saturated rings. The predicted molar refractivity (Wildman–Crippen MR) is 115 cm³/mol. The van der Waals surface area contributed by atoms with Gasteiger partial charge in [0.1, 0.15) is 17.2 Å². The Bertz CT molecular complexity index is 1220. The SMILES string of the molecule is C#C.Cc1nc(NCc2cccc(C(F)F)c2C)c2cn(C3(C(F)F)CC3)c(=O)cc2n1. The summed E-state index contributed by atoms with van der Waals surface area (Å²) in [6.07, 6.45) is 4.60. The number of aromatic nitrogens is 3. The van der Waals surface area contributed by atoms with Crippen molar-refractivity contribution >= 4 is 16.7 Å². The minimum absolute atomic E-state index is 0.0422. The third-order valence-electron chi connectivity index (χ3n) is 5.66. The second kappa shape index (κ2) is 8.99. The Morgan fingerprint density at radius 2 is 1.84 bits per heavy atom. The summed E-state index contributed by atoms with van der Waals surface area (Å²) >= 11 is 0. The highest BCUT2D eigenvalue weighted by Gasteiger charge is 2.53. The van der Waals surface area contributed by atoms with Crippen molar-refractivity contribution in [2.75, 3.05) is 5.32 Å². The van der Waals surface area contributed by atoms with Gasteiger partial charge >= 0.3 is 0 Å². The van der Waals surface area contributed by atoms with Gasteiger partial charge < -0.3 is 9.88 Å². The minimum Gasteiger partial charge on any atom is -0.365 e. The lowest BCUT2D eigenvalue weighted by atomic mass is 10.0.